The summed E-state index contributed by atoms with van der Waals surface area (Å²) in [5, 5.41) is 21.8. The lowest BCUT2D eigenvalue weighted by atomic mass is 9.96. The van der Waals surface area contributed by atoms with Crippen molar-refractivity contribution in [3.05, 3.63) is 76.5 Å². The van der Waals surface area contributed by atoms with E-state index >= 15 is 0 Å². The van der Waals surface area contributed by atoms with E-state index in [0.29, 0.717) is 67.3 Å². The molecule has 0 bridgehead atoms. The molecule has 0 unspecified atom stereocenters. The number of carbonyl (C=O) groups excluding carboxylic acids is 2. The minimum atomic E-state index is -0.524. The number of ether oxygens (including phenoxy) is 1. The minimum Gasteiger partial charge on any atom is -0.378 e. The molecule has 11 nitrogen and oxygen atoms in total. The Bertz CT molecular complexity index is 1380. The first kappa shape index (κ1) is 23.2. The predicted molar refractivity (Wildman–Crippen MR) is 134 cm³/mol. The summed E-state index contributed by atoms with van der Waals surface area (Å²) in [4.78, 5) is 37.6. The molecule has 0 spiro atoms. The quantitative estimate of drug-likeness (QED) is 0.310. The number of carbonyl (C=O) groups is 2. The van der Waals surface area contributed by atoms with E-state index in [1.54, 1.807) is 24.4 Å². The number of aromatic nitrogens is 2. The van der Waals surface area contributed by atoms with Crippen molar-refractivity contribution in [2.24, 2.45) is 0 Å². The fraction of sp³-hybridized carbons (Fsp3) is 0.240. The summed E-state index contributed by atoms with van der Waals surface area (Å²) in [6.07, 6.45) is 3.42. The van der Waals surface area contributed by atoms with Crippen molar-refractivity contribution in [3.63, 3.8) is 0 Å². The highest BCUT2D eigenvalue weighted by Gasteiger charge is 2.26. The maximum atomic E-state index is 12.1. The lowest BCUT2D eigenvalue weighted by Gasteiger charge is -2.29. The number of fused-ring (bicyclic) bond motifs is 1. The van der Waals surface area contributed by atoms with E-state index in [1.807, 2.05) is 18.2 Å². The van der Waals surface area contributed by atoms with Gasteiger partial charge in [-0.15, -0.1) is 4.68 Å². The molecule has 11 heteroatoms. The van der Waals surface area contributed by atoms with Gasteiger partial charge in [0.05, 0.1) is 30.2 Å². The molecule has 3 heterocycles. The number of amides is 2. The van der Waals surface area contributed by atoms with Crippen LogP contribution in [-0.4, -0.2) is 59.4 Å². The van der Waals surface area contributed by atoms with Crippen molar-refractivity contribution < 1.29 is 19.2 Å². The number of nitro groups is 1. The van der Waals surface area contributed by atoms with Gasteiger partial charge in [-0.1, -0.05) is 12.6 Å². The monoisotopic (exact) mass is 488 g/mol. The second kappa shape index (κ2) is 9.62. The Hall–Kier alpha value is -4.51. The Morgan fingerprint density at radius 3 is 2.69 bits per heavy atom. The van der Waals surface area contributed by atoms with Gasteiger partial charge in [0.1, 0.15) is 5.56 Å². The van der Waals surface area contributed by atoms with Crippen LogP contribution in [0.1, 0.15) is 15.9 Å². The van der Waals surface area contributed by atoms with Crippen molar-refractivity contribution in [1.29, 1.82) is 0 Å². The van der Waals surface area contributed by atoms with Gasteiger partial charge in [0.2, 0.25) is 5.91 Å². The van der Waals surface area contributed by atoms with Crippen LogP contribution < -0.4 is 15.5 Å². The average Bonchev–Trinajstić information content (AvgIpc) is 3.35. The third-order valence-corrected chi connectivity index (χ3v) is 6.20. The van der Waals surface area contributed by atoms with Gasteiger partial charge >= 0.3 is 5.82 Å². The molecule has 1 saturated heterocycles. The molecule has 5 rings (SSSR count). The summed E-state index contributed by atoms with van der Waals surface area (Å²) in [5.74, 6) is -0.823. The maximum absolute atomic E-state index is 12.1. The molecule has 2 N–H and O–H groups in total. The zero-order valence-corrected chi connectivity index (χ0v) is 19.4. The van der Waals surface area contributed by atoms with E-state index in [-0.39, 0.29) is 17.6 Å². The Labute approximate surface area is 206 Å². The van der Waals surface area contributed by atoms with Crippen molar-refractivity contribution in [3.8, 4) is 16.8 Å². The molecule has 0 atom stereocenters. The first-order chi connectivity index (χ1) is 17.4. The van der Waals surface area contributed by atoms with Crippen molar-refractivity contribution >= 4 is 29.0 Å². The topological polar surface area (TPSA) is 132 Å². The Morgan fingerprint density at radius 1 is 1.17 bits per heavy atom. The van der Waals surface area contributed by atoms with Crippen LogP contribution in [0.3, 0.4) is 0 Å². The number of nitrogens with one attached hydrogen (secondary N) is 2. The summed E-state index contributed by atoms with van der Waals surface area (Å²) in [6, 6.07) is 10.6. The molecule has 2 aliphatic rings. The van der Waals surface area contributed by atoms with Crippen LogP contribution in [-0.2, 0) is 16.0 Å². The maximum Gasteiger partial charge on any atom is 0.398 e. The van der Waals surface area contributed by atoms with Crippen LogP contribution in [0.5, 0.6) is 0 Å². The Balaban J connectivity index is 1.59. The highest BCUT2D eigenvalue weighted by atomic mass is 16.6. The van der Waals surface area contributed by atoms with Crippen LogP contribution in [0.4, 0.5) is 17.2 Å². The number of rotatable bonds is 6. The first-order valence-electron chi connectivity index (χ1n) is 11.5. The second-order valence-corrected chi connectivity index (χ2v) is 8.48. The molecule has 3 aromatic rings. The summed E-state index contributed by atoms with van der Waals surface area (Å²) in [6.45, 7) is 6.51. The van der Waals surface area contributed by atoms with Crippen LogP contribution in [0.25, 0.3) is 16.8 Å². The van der Waals surface area contributed by atoms with Crippen molar-refractivity contribution in [1.82, 2.24) is 15.1 Å². The van der Waals surface area contributed by atoms with E-state index in [2.05, 4.69) is 27.2 Å². The smallest absolute Gasteiger partial charge is 0.378 e. The van der Waals surface area contributed by atoms with Crippen LogP contribution >= 0.6 is 0 Å². The molecule has 0 aliphatic carbocycles. The van der Waals surface area contributed by atoms with Gasteiger partial charge in [-0.2, -0.15) is 0 Å². The molecule has 0 radical (unpaired) electrons. The molecule has 0 saturated carbocycles. The van der Waals surface area contributed by atoms with Gasteiger partial charge in [-0.05, 0) is 58.9 Å². The van der Waals surface area contributed by atoms with Gasteiger partial charge in [-0.25, -0.2) is 0 Å². The highest BCUT2D eigenvalue weighted by Crippen LogP contribution is 2.33. The minimum absolute atomic E-state index is 0.151. The Kier molecular flexibility index (Phi) is 6.21. The molecule has 2 aliphatic heterocycles. The molecule has 36 heavy (non-hydrogen) atoms. The van der Waals surface area contributed by atoms with Gasteiger partial charge in [0.15, 0.2) is 0 Å². The van der Waals surface area contributed by atoms with E-state index in [4.69, 9.17) is 4.74 Å². The van der Waals surface area contributed by atoms with Crippen LogP contribution in [0.2, 0.25) is 0 Å². The summed E-state index contributed by atoms with van der Waals surface area (Å²) >= 11 is 0. The van der Waals surface area contributed by atoms with Gasteiger partial charge in [0.25, 0.3) is 5.91 Å². The highest BCUT2D eigenvalue weighted by molar-refractivity contribution is 5.99. The standard InChI is InChI=1S/C25H24N6O5/c1-2-23(32)27-18-12-19(29-7-9-36-10-8-29)14-20(13-18)30-15-22(24(28-30)31(34)35)16-3-4-21-17(11-16)5-6-26-25(21)33/h2-4,11-15H,1,5-10H2,(H,26,33)(H,27,32). The van der Waals surface area contributed by atoms with Gasteiger partial charge in [-0.3, -0.25) is 9.59 Å². The number of nitrogens with zero attached hydrogens (tertiary/aromatic N) is 4. The van der Waals surface area contributed by atoms with E-state index in [1.165, 1.54) is 10.8 Å². The number of benzene rings is 2. The molecule has 1 aromatic heterocycles. The molecule has 2 aromatic carbocycles. The third-order valence-electron chi connectivity index (χ3n) is 6.20. The van der Waals surface area contributed by atoms with Crippen molar-refractivity contribution in [2.45, 2.75) is 6.42 Å². The molecule has 184 valence electrons. The SMILES string of the molecule is C=CC(=O)Nc1cc(N2CCOCC2)cc(-n2cc(-c3ccc4c(c3)CCNC4=O)c([N+](=O)[O-])n2)c1. The number of anilines is 2. The number of hydrogen-bond donors (Lipinski definition) is 2. The third kappa shape index (κ3) is 4.56. The lowest BCUT2D eigenvalue weighted by molar-refractivity contribution is -0.389. The molecular formula is C25H24N6O5. The molecular weight excluding hydrogens is 464 g/mol. The fourth-order valence-electron chi connectivity index (χ4n) is 4.43. The second-order valence-electron chi connectivity index (χ2n) is 8.48. The average molecular weight is 489 g/mol. The summed E-state index contributed by atoms with van der Waals surface area (Å²) in [7, 11) is 0. The zero-order valence-electron chi connectivity index (χ0n) is 19.4. The molecule has 1 fully saturated rings. The van der Waals surface area contributed by atoms with Crippen LogP contribution in [0, 0.1) is 10.1 Å². The van der Waals surface area contributed by atoms with Gasteiger partial charge in [0, 0.05) is 36.6 Å². The van der Waals surface area contributed by atoms with Crippen molar-refractivity contribution in [2.75, 3.05) is 43.1 Å². The normalized spacial score (nSPS) is 15.1. The Morgan fingerprint density at radius 2 is 1.94 bits per heavy atom. The largest absolute Gasteiger partial charge is 0.398 e. The van der Waals surface area contributed by atoms with Crippen LogP contribution in [0.15, 0.2) is 55.3 Å². The predicted octanol–water partition coefficient (Wildman–Crippen LogP) is 2.69. The van der Waals surface area contributed by atoms with E-state index < -0.39 is 4.92 Å². The first-order valence-corrected chi connectivity index (χ1v) is 11.5. The fourth-order valence-corrected chi connectivity index (χ4v) is 4.43. The number of morpholine rings is 1. The van der Waals surface area contributed by atoms with E-state index in [9.17, 15) is 19.7 Å². The number of hydrogen-bond acceptors (Lipinski definition) is 7. The zero-order chi connectivity index (χ0) is 25.2. The molecule has 2 amide bonds. The summed E-state index contributed by atoms with van der Waals surface area (Å²) in [5.41, 5.74) is 4.23. The summed E-state index contributed by atoms with van der Waals surface area (Å²) < 4.78 is 6.88. The van der Waals surface area contributed by atoms with E-state index in [0.717, 1.165) is 11.3 Å². The van der Waals surface area contributed by atoms with Gasteiger partial charge < -0.3 is 30.4 Å². The lowest BCUT2D eigenvalue weighted by Crippen LogP contribution is -2.36.